The number of aliphatic hydroxyl groups excluding tert-OH is 2. The second-order valence-corrected chi connectivity index (χ2v) is 4.78. The molecule has 0 saturated heterocycles. The zero-order valence-electron chi connectivity index (χ0n) is 12.3. The van der Waals surface area contributed by atoms with Crippen molar-refractivity contribution in [1.29, 1.82) is 0 Å². The Hall–Kier alpha value is -1.14. The molecule has 0 saturated carbocycles. The molecule has 0 spiro atoms. The fourth-order valence-electron chi connectivity index (χ4n) is 2.42. The van der Waals surface area contributed by atoms with E-state index in [1.54, 1.807) is 7.11 Å². The number of methoxy groups -OCH3 is 1. The van der Waals surface area contributed by atoms with E-state index in [1.807, 2.05) is 36.1 Å². The summed E-state index contributed by atoms with van der Waals surface area (Å²) in [5, 5.41) is 18.5. The molecule has 0 aliphatic rings. The first-order valence-corrected chi connectivity index (χ1v) is 7.03. The maximum atomic E-state index is 9.23. The molecule has 20 heavy (non-hydrogen) atoms. The number of nitrogens with zero attached hydrogens (tertiary/aromatic N) is 1. The SMILES string of the molecule is CCC(N)C(c1cccc(OC)c1)N(CCO)CCO. The third-order valence-corrected chi connectivity index (χ3v) is 3.48. The zero-order valence-corrected chi connectivity index (χ0v) is 12.3. The van der Waals surface area contributed by atoms with Gasteiger partial charge in [-0.1, -0.05) is 19.1 Å². The number of hydrogen-bond donors (Lipinski definition) is 3. The third kappa shape index (κ3) is 4.45. The summed E-state index contributed by atoms with van der Waals surface area (Å²) in [6.07, 6.45) is 0.815. The van der Waals surface area contributed by atoms with Crippen LogP contribution in [0.4, 0.5) is 0 Å². The maximum Gasteiger partial charge on any atom is 0.119 e. The minimum Gasteiger partial charge on any atom is -0.497 e. The van der Waals surface area contributed by atoms with Crippen molar-refractivity contribution in [2.75, 3.05) is 33.4 Å². The van der Waals surface area contributed by atoms with E-state index in [9.17, 15) is 10.2 Å². The third-order valence-electron chi connectivity index (χ3n) is 3.48. The van der Waals surface area contributed by atoms with Crippen LogP contribution in [0.3, 0.4) is 0 Å². The van der Waals surface area contributed by atoms with Crippen LogP contribution in [0.15, 0.2) is 24.3 Å². The van der Waals surface area contributed by atoms with Gasteiger partial charge in [-0.3, -0.25) is 4.90 Å². The summed E-state index contributed by atoms with van der Waals surface area (Å²) in [5.74, 6) is 0.781. The molecule has 0 aliphatic carbocycles. The monoisotopic (exact) mass is 282 g/mol. The molecular formula is C15H26N2O3. The molecule has 5 heteroatoms. The van der Waals surface area contributed by atoms with Gasteiger partial charge in [-0.25, -0.2) is 0 Å². The predicted octanol–water partition coefficient (Wildman–Crippen LogP) is 0.760. The highest BCUT2D eigenvalue weighted by atomic mass is 16.5. The zero-order chi connectivity index (χ0) is 15.0. The molecule has 114 valence electrons. The summed E-state index contributed by atoms with van der Waals surface area (Å²) in [6.45, 7) is 3.08. The van der Waals surface area contributed by atoms with Gasteiger partial charge in [-0.05, 0) is 24.1 Å². The Bertz CT molecular complexity index is 381. The minimum atomic E-state index is -0.0693. The molecular weight excluding hydrogens is 256 g/mol. The number of ether oxygens (including phenoxy) is 1. The van der Waals surface area contributed by atoms with Gasteiger partial charge >= 0.3 is 0 Å². The second kappa shape index (κ2) is 8.92. The highest BCUT2D eigenvalue weighted by Gasteiger charge is 2.25. The molecule has 1 rings (SSSR count). The van der Waals surface area contributed by atoms with Crippen molar-refractivity contribution in [2.24, 2.45) is 5.73 Å². The van der Waals surface area contributed by atoms with E-state index in [-0.39, 0.29) is 25.3 Å². The lowest BCUT2D eigenvalue weighted by Crippen LogP contribution is -2.43. The van der Waals surface area contributed by atoms with Crippen LogP contribution in [0.5, 0.6) is 5.75 Å². The van der Waals surface area contributed by atoms with Gasteiger partial charge in [0.25, 0.3) is 0 Å². The van der Waals surface area contributed by atoms with Crippen LogP contribution in [0, 0.1) is 0 Å². The van der Waals surface area contributed by atoms with E-state index < -0.39 is 0 Å². The Morgan fingerprint density at radius 2 is 1.90 bits per heavy atom. The van der Waals surface area contributed by atoms with Gasteiger partial charge in [-0.2, -0.15) is 0 Å². The topological polar surface area (TPSA) is 79.0 Å². The van der Waals surface area contributed by atoms with Crippen molar-refractivity contribution in [1.82, 2.24) is 4.90 Å². The molecule has 2 unspecified atom stereocenters. The quantitative estimate of drug-likeness (QED) is 0.623. The van der Waals surface area contributed by atoms with E-state index in [2.05, 4.69) is 0 Å². The molecule has 2 atom stereocenters. The van der Waals surface area contributed by atoms with Gasteiger partial charge in [0, 0.05) is 19.1 Å². The largest absolute Gasteiger partial charge is 0.497 e. The van der Waals surface area contributed by atoms with Crippen molar-refractivity contribution in [2.45, 2.75) is 25.4 Å². The molecule has 0 amide bonds. The Kier molecular flexibility index (Phi) is 7.54. The van der Waals surface area contributed by atoms with Gasteiger partial charge < -0.3 is 20.7 Å². The van der Waals surface area contributed by atoms with Crippen molar-refractivity contribution in [3.05, 3.63) is 29.8 Å². The molecule has 0 heterocycles. The number of nitrogens with two attached hydrogens (primary N) is 1. The Balaban J connectivity index is 3.08. The normalized spacial score (nSPS) is 14.3. The van der Waals surface area contributed by atoms with E-state index >= 15 is 0 Å². The Morgan fingerprint density at radius 1 is 1.25 bits per heavy atom. The van der Waals surface area contributed by atoms with E-state index in [4.69, 9.17) is 10.5 Å². The van der Waals surface area contributed by atoms with Gasteiger partial charge in [0.05, 0.1) is 26.4 Å². The van der Waals surface area contributed by atoms with Crippen LogP contribution in [-0.2, 0) is 0 Å². The Labute approximate surface area is 121 Å². The van der Waals surface area contributed by atoms with Crippen LogP contribution < -0.4 is 10.5 Å². The van der Waals surface area contributed by atoms with Crippen molar-refractivity contribution >= 4 is 0 Å². The summed E-state index contributed by atoms with van der Waals surface area (Å²) in [4.78, 5) is 2.02. The second-order valence-electron chi connectivity index (χ2n) is 4.78. The van der Waals surface area contributed by atoms with Crippen molar-refractivity contribution in [3.8, 4) is 5.75 Å². The van der Waals surface area contributed by atoms with Crippen molar-refractivity contribution < 1.29 is 14.9 Å². The number of hydrogen-bond acceptors (Lipinski definition) is 5. The highest BCUT2D eigenvalue weighted by Crippen LogP contribution is 2.27. The van der Waals surface area contributed by atoms with Crippen LogP contribution in [-0.4, -0.2) is 54.6 Å². The average Bonchev–Trinajstić information content (AvgIpc) is 2.48. The predicted molar refractivity (Wildman–Crippen MR) is 79.7 cm³/mol. The number of benzene rings is 1. The van der Waals surface area contributed by atoms with Crippen LogP contribution in [0.25, 0.3) is 0 Å². The molecule has 0 radical (unpaired) electrons. The van der Waals surface area contributed by atoms with Gasteiger partial charge in [0.2, 0.25) is 0 Å². The fraction of sp³-hybridized carbons (Fsp3) is 0.600. The van der Waals surface area contributed by atoms with E-state index in [1.165, 1.54) is 0 Å². The van der Waals surface area contributed by atoms with Crippen LogP contribution >= 0.6 is 0 Å². The lowest BCUT2D eigenvalue weighted by molar-refractivity contribution is 0.107. The molecule has 1 aromatic carbocycles. The van der Waals surface area contributed by atoms with Gasteiger partial charge in [0.1, 0.15) is 5.75 Å². The lowest BCUT2D eigenvalue weighted by Gasteiger charge is -2.35. The maximum absolute atomic E-state index is 9.23. The molecule has 0 bridgehead atoms. The first-order chi connectivity index (χ1) is 9.67. The first-order valence-electron chi connectivity index (χ1n) is 7.03. The van der Waals surface area contributed by atoms with Crippen molar-refractivity contribution in [3.63, 3.8) is 0 Å². The summed E-state index contributed by atoms with van der Waals surface area (Å²) < 4.78 is 5.26. The van der Waals surface area contributed by atoms with E-state index in [0.29, 0.717) is 13.1 Å². The van der Waals surface area contributed by atoms with Crippen LogP contribution in [0.1, 0.15) is 24.9 Å². The molecule has 5 nitrogen and oxygen atoms in total. The summed E-state index contributed by atoms with van der Waals surface area (Å²) in [5.41, 5.74) is 7.30. The highest BCUT2D eigenvalue weighted by molar-refractivity contribution is 5.31. The summed E-state index contributed by atoms with van der Waals surface area (Å²) in [6, 6.07) is 7.67. The van der Waals surface area contributed by atoms with Gasteiger partial charge in [0.15, 0.2) is 0 Å². The lowest BCUT2D eigenvalue weighted by atomic mass is 9.96. The summed E-state index contributed by atoms with van der Waals surface area (Å²) in [7, 11) is 1.63. The summed E-state index contributed by atoms with van der Waals surface area (Å²) >= 11 is 0. The standard InChI is InChI=1S/C15H26N2O3/c1-3-14(16)15(17(7-9-18)8-10-19)12-5-4-6-13(11-12)20-2/h4-6,11,14-15,18-19H,3,7-10,16H2,1-2H3. The van der Waals surface area contributed by atoms with E-state index in [0.717, 1.165) is 17.7 Å². The van der Waals surface area contributed by atoms with Gasteiger partial charge in [-0.15, -0.1) is 0 Å². The fourth-order valence-corrected chi connectivity index (χ4v) is 2.42. The molecule has 4 N–H and O–H groups in total. The molecule has 1 aromatic rings. The number of rotatable bonds is 9. The van der Waals surface area contributed by atoms with Crippen LogP contribution in [0.2, 0.25) is 0 Å². The smallest absolute Gasteiger partial charge is 0.119 e. The average molecular weight is 282 g/mol. The Morgan fingerprint density at radius 3 is 2.40 bits per heavy atom. The minimum absolute atomic E-state index is 0.0386. The molecule has 0 aromatic heterocycles. The number of aliphatic hydroxyl groups is 2. The molecule has 0 aliphatic heterocycles. The first kappa shape index (κ1) is 16.9. The molecule has 0 fully saturated rings.